The Hall–Kier alpha value is 0.801. The van der Waals surface area contributed by atoms with Gasteiger partial charge in [-0.1, -0.05) is 0 Å². The summed E-state index contributed by atoms with van der Waals surface area (Å²) in [5.74, 6) is 0. The Labute approximate surface area is 109 Å². The minimum absolute atomic E-state index is 0. The Morgan fingerprint density at radius 1 is 0.909 bits per heavy atom. The Bertz CT molecular complexity index is 118. The van der Waals surface area contributed by atoms with Crippen molar-refractivity contribution in [1.82, 2.24) is 0 Å². The second kappa shape index (κ2) is 10.8. The van der Waals surface area contributed by atoms with Gasteiger partial charge in [0.05, 0.1) is 0 Å². The van der Waals surface area contributed by atoms with Gasteiger partial charge in [0.1, 0.15) is 0 Å². The van der Waals surface area contributed by atoms with E-state index in [9.17, 15) is 0 Å². The van der Waals surface area contributed by atoms with Crippen LogP contribution in [0.3, 0.4) is 0 Å². The maximum absolute atomic E-state index is 7.17. The normalized spacial score (nSPS) is 6.82. The zero-order valence-corrected chi connectivity index (χ0v) is 9.43. The van der Waals surface area contributed by atoms with Crippen LogP contribution in [-0.4, -0.2) is 22.4 Å². The van der Waals surface area contributed by atoms with Crippen molar-refractivity contribution in [3.63, 3.8) is 0 Å². The van der Waals surface area contributed by atoms with E-state index in [1.165, 1.54) is 0 Å². The monoisotopic (exact) mass is 178 g/mol. The zero-order valence-electron chi connectivity index (χ0n) is 6.31. The van der Waals surface area contributed by atoms with Gasteiger partial charge in [-0.2, -0.15) is 36.4 Å². The van der Waals surface area contributed by atoms with E-state index in [4.69, 9.17) is 15.1 Å². The van der Waals surface area contributed by atoms with Crippen molar-refractivity contribution < 1.29 is 66.5 Å². The van der Waals surface area contributed by atoms with E-state index in [0.717, 1.165) is 0 Å². The molecule has 1 aromatic rings. The number of benzene rings is 1. The van der Waals surface area contributed by atoms with Gasteiger partial charge < -0.3 is 15.1 Å². The van der Waals surface area contributed by atoms with Crippen molar-refractivity contribution in [2.75, 3.05) is 0 Å². The summed E-state index contributed by atoms with van der Waals surface area (Å²) in [5.41, 5.74) is 0. The van der Waals surface area contributed by atoms with Crippen molar-refractivity contribution >= 4 is 7.32 Å². The predicted molar refractivity (Wildman–Crippen MR) is 37.7 cm³/mol. The van der Waals surface area contributed by atoms with Gasteiger partial charge in [0, 0.05) is 0 Å². The fourth-order valence-electron chi connectivity index (χ4n) is 0.342. The molecule has 0 saturated carbocycles. The van der Waals surface area contributed by atoms with Crippen LogP contribution in [-0.2, 0) is 0 Å². The van der Waals surface area contributed by atoms with Gasteiger partial charge in [-0.05, 0) is 0 Å². The van der Waals surface area contributed by atoms with Gasteiger partial charge in [-0.15, -0.1) is 0 Å². The van der Waals surface area contributed by atoms with Crippen molar-refractivity contribution in [1.29, 1.82) is 0 Å². The molecule has 0 saturated heterocycles. The van der Waals surface area contributed by atoms with Crippen molar-refractivity contribution in [2.45, 2.75) is 0 Å². The van der Waals surface area contributed by atoms with Crippen LogP contribution in [0.2, 0.25) is 0 Å². The van der Waals surface area contributed by atoms with E-state index in [0.29, 0.717) is 0 Å². The van der Waals surface area contributed by atoms with E-state index < -0.39 is 7.32 Å². The Kier molecular flexibility index (Phi) is 14.1. The van der Waals surface area contributed by atoms with Crippen molar-refractivity contribution in [3.8, 4) is 0 Å². The molecule has 5 heteroatoms. The van der Waals surface area contributed by atoms with E-state index in [1.807, 2.05) is 30.3 Å². The van der Waals surface area contributed by atoms with E-state index in [1.54, 1.807) is 0 Å². The van der Waals surface area contributed by atoms with Gasteiger partial charge in [0.2, 0.25) is 0 Å². The van der Waals surface area contributed by atoms with Gasteiger partial charge in [-0.3, -0.25) is 0 Å². The van der Waals surface area contributed by atoms with Crippen LogP contribution in [0.1, 0.15) is 0 Å². The first-order chi connectivity index (χ1) is 4.73. The number of hydrogen-bond acceptors (Lipinski definition) is 3. The van der Waals surface area contributed by atoms with Crippen LogP contribution in [0.25, 0.3) is 0 Å². The molecular weight excluding hydrogens is 170 g/mol. The number of hydrogen-bond donors (Lipinski definition) is 3. The summed E-state index contributed by atoms with van der Waals surface area (Å²) in [4.78, 5) is 0. The Balaban J connectivity index is 0. The molecule has 0 amide bonds. The molecule has 0 aliphatic carbocycles. The first-order valence-electron chi connectivity index (χ1n) is 2.69. The Morgan fingerprint density at radius 3 is 1.36 bits per heavy atom. The standard InChI is InChI=1S/C6H5.BH3O3.K/c1-2-4-6-5-3-1;2-1(3)4;/h1-5H;2-4H;/q-1;;+1. The van der Waals surface area contributed by atoms with Crippen LogP contribution >= 0.6 is 0 Å². The van der Waals surface area contributed by atoms with E-state index in [2.05, 4.69) is 6.07 Å². The molecule has 0 aromatic heterocycles. The van der Waals surface area contributed by atoms with E-state index >= 15 is 0 Å². The van der Waals surface area contributed by atoms with Gasteiger partial charge in [-0.25, -0.2) is 0 Å². The average Bonchev–Trinajstić information content (AvgIpc) is 1.90. The smallest absolute Gasteiger partial charge is 0.402 e. The van der Waals surface area contributed by atoms with Gasteiger partial charge in [0.25, 0.3) is 0 Å². The SMILES string of the molecule is OB(O)O.[K+].[c-]1ccccc1. The molecule has 0 heterocycles. The van der Waals surface area contributed by atoms with Gasteiger partial charge in [0.15, 0.2) is 0 Å². The predicted octanol–water partition coefficient (Wildman–Crippen LogP) is -3.56. The molecule has 0 spiro atoms. The van der Waals surface area contributed by atoms with Crippen LogP contribution in [0.4, 0.5) is 0 Å². The third-order valence-electron chi connectivity index (χ3n) is 0.607. The second-order valence-electron chi connectivity index (χ2n) is 1.42. The number of rotatable bonds is 0. The van der Waals surface area contributed by atoms with E-state index in [-0.39, 0.29) is 51.4 Å². The molecule has 11 heavy (non-hydrogen) atoms. The minimum Gasteiger partial charge on any atom is -0.402 e. The minimum atomic E-state index is -2.17. The summed E-state index contributed by atoms with van der Waals surface area (Å²) < 4.78 is 0. The summed E-state index contributed by atoms with van der Waals surface area (Å²) in [5, 5.41) is 21.5. The van der Waals surface area contributed by atoms with Crippen molar-refractivity contribution in [3.05, 3.63) is 36.4 Å². The molecule has 1 aromatic carbocycles. The molecular formula is C6H8BKO3. The quantitative estimate of drug-likeness (QED) is 0.284. The molecule has 0 atom stereocenters. The van der Waals surface area contributed by atoms with Crippen LogP contribution < -0.4 is 51.4 Å². The fourth-order valence-corrected chi connectivity index (χ4v) is 0.342. The van der Waals surface area contributed by atoms with Crippen LogP contribution in [0.5, 0.6) is 0 Å². The first kappa shape index (κ1) is 14.3. The molecule has 0 unspecified atom stereocenters. The first-order valence-corrected chi connectivity index (χ1v) is 2.69. The average molecular weight is 178 g/mol. The summed E-state index contributed by atoms with van der Waals surface area (Å²) in [7, 11) is -2.17. The largest absolute Gasteiger partial charge is 1.00 e. The molecule has 0 radical (unpaired) electrons. The third-order valence-corrected chi connectivity index (χ3v) is 0.607. The maximum Gasteiger partial charge on any atom is 1.00 e. The molecule has 3 N–H and O–H groups in total. The molecule has 1 rings (SSSR count). The molecule has 0 fully saturated rings. The molecule has 54 valence electrons. The maximum atomic E-state index is 7.17. The topological polar surface area (TPSA) is 60.7 Å². The molecule has 0 aliphatic heterocycles. The van der Waals surface area contributed by atoms with Crippen LogP contribution in [0, 0.1) is 6.07 Å². The van der Waals surface area contributed by atoms with Crippen LogP contribution in [0.15, 0.2) is 30.3 Å². The van der Waals surface area contributed by atoms with Crippen molar-refractivity contribution in [2.24, 2.45) is 0 Å². The summed E-state index contributed by atoms with van der Waals surface area (Å²) in [6.07, 6.45) is 0. The summed E-state index contributed by atoms with van der Waals surface area (Å²) in [6, 6.07) is 12.5. The third kappa shape index (κ3) is 18.1. The fraction of sp³-hybridized carbons (Fsp3) is 0. The Morgan fingerprint density at radius 2 is 1.27 bits per heavy atom. The molecule has 3 nitrogen and oxygen atoms in total. The molecule has 0 bridgehead atoms. The zero-order chi connectivity index (χ0) is 7.82. The second-order valence-corrected chi connectivity index (χ2v) is 1.42. The summed E-state index contributed by atoms with van der Waals surface area (Å²) >= 11 is 0. The summed E-state index contributed by atoms with van der Waals surface area (Å²) in [6.45, 7) is 0. The van der Waals surface area contributed by atoms with Gasteiger partial charge >= 0.3 is 58.7 Å². The molecule has 0 aliphatic rings.